The molecule has 33 heavy (non-hydrogen) atoms. The standard InChI is InChI=1S/C24H20Cl3N3O3/c1-14-11-17(25)6-10-22(14)33-13-23(31)30-29-15(2)16-3-7-19(8-4-16)28-24(32)20-9-5-18(26)12-21(20)27/h3-12H,13H2,1-2H3,(H,28,32)(H,30,31)/b29-15-. The molecule has 2 amide bonds. The van der Waals surface area contributed by atoms with Crippen molar-refractivity contribution in [1.82, 2.24) is 5.43 Å². The second-order valence-electron chi connectivity index (χ2n) is 7.09. The molecule has 0 atom stereocenters. The largest absolute Gasteiger partial charge is 0.483 e. The van der Waals surface area contributed by atoms with Crippen LogP contribution in [0.2, 0.25) is 15.1 Å². The number of benzene rings is 3. The van der Waals surface area contributed by atoms with E-state index in [0.717, 1.165) is 11.1 Å². The van der Waals surface area contributed by atoms with Crippen molar-refractivity contribution in [3.63, 3.8) is 0 Å². The van der Waals surface area contributed by atoms with E-state index in [0.29, 0.717) is 32.8 Å². The van der Waals surface area contributed by atoms with Crippen LogP contribution in [0.15, 0.2) is 65.8 Å². The molecule has 2 N–H and O–H groups in total. The number of hydrazone groups is 1. The van der Waals surface area contributed by atoms with Crippen molar-refractivity contribution in [1.29, 1.82) is 0 Å². The van der Waals surface area contributed by atoms with Gasteiger partial charge in [0, 0.05) is 15.7 Å². The Balaban J connectivity index is 1.55. The van der Waals surface area contributed by atoms with Crippen LogP contribution < -0.4 is 15.5 Å². The monoisotopic (exact) mass is 503 g/mol. The number of rotatable bonds is 7. The summed E-state index contributed by atoms with van der Waals surface area (Å²) in [7, 11) is 0. The zero-order valence-electron chi connectivity index (χ0n) is 17.8. The fraction of sp³-hybridized carbons (Fsp3) is 0.125. The minimum atomic E-state index is -0.396. The van der Waals surface area contributed by atoms with Gasteiger partial charge in [0.25, 0.3) is 11.8 Å². The Hall–Kier alpha value is -3.06. The van der Waals surface area contributed by atoms with E-state index in [1.165, 1.54) is 6.07 Å². The van der Waals surface area contributed by atoms with Gasteiger partial charge in [-0.2, -0.15) is 5.10 Å². The van der Waals surface area contributed by atoms with Crippen LogP contribution in [0, 0.1) is 6.92 Å². The molecule has 170 valence electrons. The van der Waals surface area contributed by atoms with Crippen molar-refractivity contribution >= 4 is 58.0 Å². The third-order valence-electron chi connectivity index (χ3n) is 4.58. The second-order valence-corrected chi connectivity index (χ2v) is 8.37. The van der Waals surface area contributed by atoms with Gasteiger partial charge in [0.2, 0.25) is 0 Å². The molecule has 0 spiro atoms. The summed E-state index contributed by atoms with van der Waals surface area (Å²) in [4.78, 5) is 24.5. The fourth-order valence-corrected chi connectivity index (χ4v) is 3.55. The van der Waals surface area contributed by atoms with Crippen LogP contribution in [0.3, 0.4) is 0 Å². The van der Waals surface area contributed by atoms with Gasteiger partial charge < -0.3 is 10.1 Å². The Morgan fingerprint density at radius 2 is 1.61 bits per heavy atom. The number of nitrogens with zero attached hydrogens (tertiary/aromatic N) is 1. The molecule has 9 heteroatoms. The number of aryl methyl sites for hydroxylation is 1. The maximum Gasteiger partial charge on any atom is 0.277 e. The Morgan fingerprint density at radius 1 is 0.939 bits per heavy atom. The van der Waals surface area contributed by atoms with Crippen molar-refractivity contribution in [2.45, 2.75) is 13.8 Å². The summed E-state index contributed by atoms with van der Waals surface area (Å²) in [5.74, 6) is -0.168. The molecular weight excluding hydrogens is 485 g/mol. The molecule has 0 bridgehead atoms. The SMILES string of the molecule is C/C(=N/NC(=O)COc1ccc(Cl)cc1C)c1ccc(NC(=O)c2ccc(Cl)cc2Cl)cc1. The lowest BCUT2D eigenvalue weighted by atomic mass is 10.1. The van der Waals surface area contributed by atoms with E-state index in [1.54, 1.807) is 61.5 Å². The molecule has 0 aliphatic heterocycles. The quantitative estimate of drug-likeness (QED) is 0.300. The lowest BCUT2D eigenvalue weighted by Crippen LogP contribution is -2.25. The third kappa shape index (κ3) is 6.96. The molecule has 0 saturated heterocycles. The normalized spacial score (nSPS) is 11.1. The summed E-state index contributed by atoms with van der Waals surface area (Å²) >= 11 is 17.9. The number of ether oxygens (including phenoxy) is 1. The highest BCUT2D eigenvalue weighted by Gasteiger charge is 2.11. The van der Waals surface area contributed by atoms with E-state index < -0.39 is 5.91 Å². The van der Waals surface area contributed by atoms with Crippen LogP contribution in [0.5, 0.6) is 5.75 Å². The first-order valence-electron chi connectivity index (χ1n) is 9.82. The van der Waals surface area contributed by atoms with Gasteiger partial charge in [0.1, 0.15) is 5.75 Å². The van der Waals surface area contributed by atoms with Crippen molar-refractivity contribution in [2.75, 3.05) is 11.9 Å². The van der Waals surface area contributed by atoms with Crippen molar-refractivity contribution < 1.29 is 14.3 Å². The average molecular weight is 505 g/mol. The van der Waals surface area contributed by atoms with E-state index in [4.69, 9.17) is 39.5 Å². The lowest BCUT2D eigenvalue weighted by Gasteiger charge is -2.09. The Bertz CT molecular complexity index is 1210. The van der Waals surface area contributed by atoms with Crippen LogP contribution in [-0.2, 0) is 4.79 Å². The molecule has 0 radical (unpaired) electrons. The Labute approximate surface area is 206 Å². The van der Waals surface area contributed by atoms with Crippen LogP contribution in [0.25, 0.3) is 0 Å². The molecular formula is C24H20Cl3N3O3. The summed E-state index contributed by atoms with van der Waals surface area (Å²) in [5.41, 5.74) is 5.56. The van der Waals surface area contributed by atoms with E-state index >= 15 is 0 Å². The lowest BCUT2D eigenvalue weighted by molar-refractivity contribution is -0.123. The van der Waals surface area contributed by atoms with E-state index in [9.17, 15) is 9.59 Å². The van der Waals surface area contributed by atoms with Crippen molar-refractivity contribution in [3.05, 3.63) is 92.4 Å². The number of nitrogens with one attached hydrogen (secondary N) is 2. The van der Waals surface area contributed by atoms with Crippen LogP contribution in [-0.4, -0.2) is 24.1 Å². The Morgan fingerprint density at radius 3 is 2.27 bits per heavy atom. The third-order valence-corrected chi connectivity index (χ3v) is 5.36. The zero-order valence-corrected chi connectivity index (χ0v) is 20.1. The van der Waals surface area contributed by atoms with E-state index in [1.807, 2.05) is 6.92 Å². The predicted octanol–water partition coefficient (Wildman–Crippen LogP) is 6.13. The highest BCUT2D eigenvalue weighted by molar-refractivity contribution is 6.37. The summed E-state index contributed by atoms with van der Waals surface area (Å²) < 4.78 is 5.50. The summed E-state index contributed by atoms with van der Waals surface area (Å²) in [6.45, 7) is 3.42. The molecule has 3 aromatic rings. The molecule has 3 aromatic carbocycles. The van der Waals surface area contributed by atoms with Crippen LogP contribution >= 0.6 is 34.8 Å². The topological polar surface area (TPSA) is 79.8 Å². The summed E-state index contributed by atoms with van der Waals surface area (Å²) in [6, 6.07) is 16.8. The number of hydrogen-bond acceptors (Lipinski definition) is 4. The Kier molecular flexibility index (Phi) is 8.33. The van der Waals surface area contributed by atoms with Crippen LogP contribution in [0.1, 0.15) is 28.4 Å². The van der Waals surface area contributed by atoms with Crippen molar-refractivity contribution in [3.8, 4) is 5.75 Å². The minimum Gasteiger partial charge on any atom is -0.483 e. The van der Waals surface area contributed by atoms with E-state index in [2.05, 4.69) is 15.8 Å². The van der Waals surface area contributed by atoms with Gasteiger partial charge in [0.15, 0.2) is 6.61 Å². The van der Waals surface area contributed by atoms with Crippen molar-refractivity contribution in [2.24, 2.45) is 5.10 Å². The zero-order chi connectivity index (χ0) is 24.0. The maximum atomic E-state index is 12.4. The molecule has 0 saturated carbocycles. The number of carbonyl (C=O) groups is 2. The molecule has 0 aliphatic carbocycles. The minimum absolute atomic E-state index is 0.183. The first kappa shape index (κ1) is 24.6. The number of carbonyl (C=O) groups excluding carboxylic acids is 2. The predicted molar refractivity (Wildman–Crippen MR) is 133 cm³/mol. The highest BCUT2D eigenvalue weighted by Crippen LogP contribution is 2.23. The highest BCUT2D eigenvalue weighted by atomic mass is 35.5. The smallest absolute Gasteiger partial charge is 0.277 e. The van der Waals surface area contributed by atoms with Gasteiger partial charge in [-0.3, -0.25) is 9.59 Å². The summed E-state index contributed by atoms with van der Waals surface area (Å²) in [5, 5.41) is 8.20. The first-order chi connectivity index (χ1) is 15.7. The maximum absolute atomic E-state index is 12.4. The number of hydrogen-bond donors (Lipinski definition) is 2. The van der Waals surface area contributed by atoms with Gasteiger partial charge in [-0.1, -0.05) is 46.9 Å². The summed E-state index contributed by atoms with van der Waals surface area (Å²) in [6.07, 6.45) is 0. The molecule has 0 fully saturated rings. The van der Waals surface area contributed by atoms with E-state index in [-0.39, 0.29) is 17.5 Å². The molecule has 3 rings (SSSR count). The average Bonchev–Trinajstić information content (AvgIpc) is 2.77. The molecule has 0 aliphatic rings. The van der Waals surface area contributed by atoms with Gasteiger partial charge in [0.05, 0.1) is 16.3 Å². The molecule has 0 unspecified atom stereocenters. The number of amides is 2. The first-order valence-corrected chi connectivity index (χ1v) is 11.0. The number of anilines is 1. The number of halogens is 3. The van der Waals surface area contributed by atoms with Gasteiger partial charge >= 0.3 is 0 Å². The fourth-order valence-electron chi connectivity index (χ4n) is 2.83. The van der Waals surface area contributed by atoms with Gasteiger partial charge in [-0.05, 0) is 73.5 Å². The second kappa shape index (κ2) is 11.2. The van der Waals surface area contributed by atoms with Crippen LogP contribution in [0.4, 0.5) is 5.69 Å². The van der Waals surface area contributed by atoms with Gasteiger partial charge in [-0.25, -0.2) is 5.43 Å². The van der Waals surface area contributed by atoms with Gasteiger partial charge in [-0.15, -0.1) is 0 Å². The molecule has 0 aromatic heterocycles. The molecule has 0 heterocycles. The molecule has 6 nitrogen and oxygen atoms in total.